The number of amides is 1. The molecule has 5 nitrogen and oxygen atoms in total. The number of nitrogens with two attached hydrogens (primary N) is 1. The summed E-state index contributed by atoms with van der Waals surface area (Å²) in [6.07, 6.45) is 4.33. The predicted molar refractivity (Wildman–Crippen MR) is 83.1 cm³/mol. The van der Waals surface area contributed by atoms with E-state index in [1.807, 2.05) is 17.9 Å². The predicted octanol–water partition coefficient (Wildman–Crippen LogP) is 1.53. The van der Waals surface area contributed by atoms with E-state index >= 15 is 0 Å². The van der Waals surface area contributed by atoms with Crippen molar-refractivity contribution in [3.8, 4) is 0 Å². The Morgan fingerprint density at radius 2 is 2.10 bits per heavy atom. The van der Waals surface area contributed by atoms with Gasteiger partial charge in [0.15, 0.2) is 0 Å². The maximum Gasteiger partial charge on any atom is 0.254 e. The minimum atomic E-state index is 0.0970. The molecule has 1 amide bonds. The first kappa shape index (κ1) is 14.3. The second-order valence-corrected chi connectivity index (χ2v) is 6.22. The summed E-state index contributed by atoms with van der Waals surface area (Å²) in [5.74, 6) is 0.533. The highest BCUT2D eigenvalue weighted by Crippen LogP contribution is 2.29. The summed E-state index contributed by atoms with van der Waals surface area (Å²) in [5.41, 5.74) is 7.39. The first-order valence-corrected chi connectivity index (χ1v) is 7.86. The third kappa shape index (κ3) is 2.75. The van der Waals surface area contributed by atoms with Gasteiger partial charge in [-0.15, -0.1) is 0 Å². The smallest absolute Gasteiger partial charge is 0.254 e. The van der Waals surface area contributed by atoms with Crippen LogP contribution < -0.4 is 5.73 Å². The summed E-state index contributed by atoms with van der Waals surface area (Å²) >= 11 is 0. The van der Waals surface area contributed by atoms with Crippen molar-refractivity contribution < 1.29 is 4.79 Å². The number of hydrogen-bond acceptors (Lipinski definition) is 4. The van der Waals surface area contributed by atoms with Crippen molar-refractivity contribution in [3.63, 3.8) is 0 Å². The number of carbonyl (C=O) groups excluding carboxylic acids is 1. The number of aromatic nitrogens is 1. The Labute approximate surface area is 126 Å². The molecule has 2 bridgehead atoms. The van der Waals surface area contributed by atoms with E-state index < -0.39 is 0 Å². The van der Waals surface area contributed by atoms with Gasteiger partial charge in [-0.2, -0.15) is 0 Å². The van der Waals surface area contributed by atoms with E-state index in [0.717, 1.165) is 31.6 Å². The van der Waals surface area contributed by atoms with Crippen molar-refractivity contribution in [2.24, 2.45) is 0 Å². The normalized spacial score (nSPS) is 25.9. The van der Waals surface area contributed by atoms with Gasteiger partial charge in [0, 0.05) is 36.4 Å². The first-order chi connectivity index (χ1) is 10.1. The van der Waals surface area contributed by atoms with Gasteiger partial charge in [0.25, 0.3) is 5.91 Å². The molecule has 2 unspecified atom stereocenters. The highest BCUT2D eigenvalue weighted by molar-refractivity contribution is 5.95. The zero-order valence-electron chi connectivity index (χ0n) is 12.9. The molecule has 21 heavy (non-hydrogen) atoms. The Morgan fingerprint density at radius 1 is 1.33 bits per heavy atom. The third-order valence-corrected chi connectivity index (χ3v) is 4.94. The van der Waals surface area contributed by atoms with E-state index in [1.54, 1.807) is 6.07 Å². The molecule has 1 aromatic rings. The van der Waals surface area contributed by atoms with Gasteiger partial charge >= 0.3 is 0 Å². The third-order valence-electron chi connectivity index (χ3n) is 4.94. The summed E-state index contributed by atoms with van der Waals surface area (Å²) in [6, 6.07) is 4.73. The highest BCUT2D eigenvalue weighted by Gasteiger charge is 2.36. The van der Waals surface area contributed by atoms with Crippen LogP contribution in [0.4, 0.5) is 5.82 Å². The highest BCUT2D eigenvalue weighted by atomic mass is 16.2. The molecule has 2 aliphatic rings. The molecule has 2 saturated heterocycles. The molecule has 2 atom stereocenters. The zero-order valence-corrected chi connectivity index (χ0v) is 12.9. The molecule has 0 radical (unpaired) electrons. The van der Waals surface area contributed by atoms with Crippen LogP contribution in [0.5, 0.6) is 0 Å². The van der Waals surface area contributed by atoms with E-state index in [-0.39, 0.29) is 5.91 Å². The maximum absolute atomic E-state index is 12.8. The lowest BCUT2D eigenvalue weighted by Crippen LogP contribution is -2.39. The van der Waals surface area contributed by atoms with E-state index in [1.165, 1.54) is 12.8 Å². The fraction of sp³-hybridized carbons (Fsp3) is 0.625. The molecular formula is C16H24N4O. The van der Waals surface area contributed by atoms with Gasteiger partial charge in [0.1, 0.15) is 5.82 Å². The average Bonchev–Trinajstić information content (AvgIpc) is 2.71. The maximum atomic E-state index is 12.8. The Bertz CT molecular complexity index is 545. The largest absolute Gasteiger partial charge is 0.384 e. The van der Waals surface area contributed by atoms with Crippen molar-refractivity contribution in [2.45, 2.75) is 44.7 Å². The van der Waals surface area contributed by atoms with Crippen LogP contribution in [0.25, 0.3) is 0 Å². The lowest BCUT2D eigenvalue weighted by molar-refractivity contribution is 0.0740. The number of likely N-dealkylation sites (N-methyl/N-ethyl adjacent to an activating group) is 1. The van der Waals surface area contributed by atoms with E-state index in [9.17, 15) is 4.79 Å². The van der Waals surface area contributed by atoms with Gasteiger partial charge in [-0.25, -0.2) is 4.98 Å². The lowest BCUT2D eigenvalue weighted by atomic mass is 10.1. The molecule has 114 valence electrons. The Balaban J connectivity index is 1.80. The summed E-state index contributed by atoms with van der Waals surface area (Å²) in [6.45, 7) is 3.69. The number of fused-ring (bicyclic) bond motifs is 2. The molecule has 1 aromatic heterocycles. The second-order valence-electron chi connectivity index (χ2n) is 6.22. The first-order valence-electron chi connectivity index (χ1n) is 7.86. The topological polar surface area (TPSA) is 62.5 Å². The van der Waals surface area contributed by atoms with Gasteiger partial charge in [-0.1, -0.05) is 6.92 Å². The number of nitrogen functional groups attached to an aromatic ring is 1. The lowest BCUT2D eigenvalue weighted by Gasteiger charge is -2.26. The molecule has 3 rings (SSSR count). The number of anilines is 1. The second kappa shape index (κ2) is 5.64. The van der Waals surface area contributed by atoms with Gasteiger partial charge < -0.3 is 10.6 Å². The number of rotatable bonds is 2. The van der Waals surface area contributed by atoms with Crippen LogP contribution >= 0.6 is 0 Å². The molecule has 2 N–H and O–H groups in total. The zero-order chi connectivity index (χ0) is 15.0. The van der Waals surface area contributed by atoms with Gasteiger partial charge in [-0.05, 0) is 44.9 Å². The molecule has 0 aromatic carbocycles. The number of carbonyl (C=O) groups is 1. The molecule has 2 fully saturated rings. The molecule has 3 heterocycles. The summed E-state index contributed by atoms with van der Waals surface area (Å²) < 4.78 is 0. The summed E-state index contributed by atoms with van der Waals surface area (Å²) in [4.78, 5) is 21.5. The summed E-state index contributed by atoms with van der Waals surface area (Å²) in [7, 11) is 2.19. The number of likely N-dealkylation sites (tertiary alicyclic amines) is 1. The van der Waals surface area contributed by atoms with E-state index in [2.05, 4.69) is 16.9 Å². The number of nitrogens with zero attached hydrogens (tertiary/aromatic N) is 3. The standard InChI is InChI=1S/C16H24N4O/c1-3-12-8-11(9-15(17)18-12)16(21)20-7-6-13-4-5-14(10-20)19(13)2/h8-9,13-14H,3-7,10H2,1-2H3,(H2,17,18). The van der Waals surface area contributed by atoms with Crippen molar-refractivity contribution in [2.75, 3.05) is 25.9 Å². The van der Waals surface area contributed by atoms with Gasteiger partial charge in [0.2, 0.25) is 0 Å². The molecule has 2 aliphatic heterocycles. The minimum absolute atomic E-state index is 0.0970. The van der Waals surface area contributed by atoms with Crippen molar-refractivity contribution in [1.82, 2.24) is 14.8 Å². The van der Waals surface area contributed by atoms with Crippen LogP contribution in [0.3, 0.4) is 0 Å². The van der Waals surface area contributed by atoms with Gasteiger partial charge in [0.05, 0.1) is 0 Å². The van der Waals surface area contributed by atoms with Crippen molar-refractivity contribution in [3.05, 3.63) is 23.4 Å². The fourth-order valence-electron chi connectivity index (χ4n) is 3.59. The molecular weight excluding hydrogens is 264 g/mol. The van der Waals surface area contributed by atoms with E-state index in [0.29, 0.717) is 23.5 Å². The fourth-order valence-corrected chi connectivity index (χ4v) is 3.59. The van der Waals surface area contributed by atoms with Crippen LogP contribution in [0, 0.1) is 0 Å². The SMILES string of the molecule is CCc1cc(C(=O)N2CCC3CCC(C2)N3C)cc(N)n1. The molecule has 5 heteroatoms. The van der Waals surface area contributed by atoms with Crippen LogP contribution in [0.15, 0.2) is 12.1 Å². The number of pyridine rings is 1. The minimum Gasteiger partial charge on any atom is -0.384 e. The van der Waals surface area contributed by atoms with Crippen LogP contribution in [-0.2, 0) is 6.42 Å². The molecule has 0 saturated carbocycles. The number of hydrogen-bond donors (Lipinski definition) is 1. The Kier molecular flexibility index (Phi) is 3.85. The van der Waals surface area contributed by atoms with E-state index in [4.69, 9.17) is 5.73 Å². The molecule has 0 aliphatic carbocycles. The van der Waals surface area contributed by atoms with Crippen molar-refractivity contribution >= 4 is 11.7 Å². The summed E-state index contributed by atoms with van der Waals surface area (Å²) in [5, 5.41) is 0. The monoisotopic (exact) mass is 288 g/mol. The van der Waals surface area contributed by atoms with Crippen molar-refractivity contribution in [1.29, 1.82) is 0 Å². The van der Waals surface area contributed by atoms with Crippen LogP contribution in [0.2, 0.25) is 0 Å². The van der Waals surface area contributed by atoms with Crippen LogP contribution in [-0.4, -0.2) is 52.9 Å². The Morgan fingerprint density at radius 3 is 2.86 bits per heavy atom. The van der Waals surface area contributed by atoms with Crippen LogP contribution in [0.1, 0.15) is 42.2 Å². The quantitative estimate of drug-likeness (QED) is 0.896. The van der Waals surface area contributed by atoms with Gasteiger partial charge in [-0.3, -0.25) is 9.69 Å². The number of aryl methyl sites for hydroxylation is 1. The average molecular weight is 288 g/mol. The Hall–Kier alpha value is -1.62. The molecule has 0 spiro atoms.